The van der Waals surface area contributed by atoms with Crippen LogP contribution in [-0.4, -0.2) is 32.1 Å². The van der Waals surface area contributed by atoms with Gasteiger partial charge in [0.15, 0.2) is 11.6 Å². The normalized spacial score (nSPS) is 10.2. The van der Waals surface area contributed by atoms with E-state index in [2.05, 4.69) is 10.6 Å². The summed E-state index contributed by atoms with van der Waals surface area (Å²) in [7, 11) is 1.53. The summed E-state index contributed by atoms with van der Waals surface area (Å²) in [5.41, 5.74) is 1.29. The third kappa shape index (κ3) is 5.58. The van der Waals surface area contributed by atoms with E-state index in [1.165, 1.54) is 26.2 Å². The summed E-state index contributed by atoms with van der Waals surface area (Å²) in [6, 6.07) is 10.5. The van der Waals surface area contributed by atoms with E-state index in [1.54, 1.807) is 30.3 Å². The number of methoxy groups -OCH3 is 1. The molecule has 7 heteroatoms. The maximum Gasteiger partial charge on any atom is 0.255 e. The van der Waals surface area contributed by atoms with Crippen molar-refractivity contribution in [3.05, 3.63) is 53.8 Å². The molecule has 0 aromatic heterocycles. The van der Waals surface area contributed by atoms with Crippen molar-refractivity contribution >= 4 is 23.2 Å². The zero-order valence-corrected chi connectivity index (χ0v) is 14.0. The number of carbonyl (C=O) groups excluding carboxylic acids is 2. The summed E-state index contributed by atoms with van der Waals surface area (Å²) < 4.78 is 24.0. The fraction of sp³-hybridized carbons (Fsp3) is 0.222. The minimum Gasteiger partial charge on any atom is -0.488 e. The van der Waals surface area contributed by atoms with E-state index in [1.807, 2.05) is 0 Å². The van der Waals surface area contributed by atoms with Gasteiger partial charge in [0.25, 0.3) is 5.91 Å². The van der Waals surface area contributed by atoms with Crippen LogP contribution < -0.4 is 15.4 Å². The summed E-state index contributed by atoms with van der Waals surface area (Å²) in [4.78, 5) is 23.2. The number of hydrogen-bond acceptors (Lipinski definition) is 4. The van der Waals surface area contributed by atoms with Crippen LogP contribution in [0.25, 0.3) is 0 Å². The number of rotatable bonds is 7. The van der Waals surface area contributed by atoms with Gasteiger partial charge in [-0.05, 0) is 36.4 Å². The molecule has 0 bridgehead atoms. The number of halogens is 1. The van der Waals surface area contributed by atoms with Gasteiger partial charge >= 0.3 is 0 Å². The zero-order valence-electron chi connectivity index (χ0n) is 14.0. The van der Waals surface area contributed by atoms with Gasteiger partial charge in [-0.3, -0.25) is 9.59 Å². The Hall–Kier alpha value is -2.93. The van der Waals surface area contributed by atoms with Crippen LogP contribution in [0.5, 0.6) is 5.75 Å². The number of amides is 2. The first-order chi connectivity index (χ1) is 12.0. The average molecular weight is 346 g/mol. The molecule has 0 aliphatic carbocycles. The molecule has 25 heavy (non-hydrogen) atoms. The standard InChI is InChI=1S/C18H19FN2O4/c1-12(22)20-14-5-3-13(4-6-14)18(23)21-15-7-8-17(16(19)11-15)25-10-9-24-2/h3-8,11H,9-10H2,1-2H3,(H,20,22)(H,21,23). The first-order valence-electron chi connectivity index (χ1n) is 7.60. The van der Waals surface area contributed by atoms with Gasteiger partial charge in [-0.15, -0.1) is 0 Å². The first-order valence-corrected chi connectivity index (χ1v) is 7.60. The van der Waals surface area contributed by atoms with Crippen LogP contribution in [0, 0.1) is 5.82 Å². The van der Waals surface area contributed by atoms with Crippen LogP contribution in [0.15, 0.2) is 42.5 Å². The van der Waals surface area contributed by atoms with E-state index in [4.69, 9.17) is 9.47 Å². The maximum absolute atomic E-state index is 13.9. The van der Waals surface area contributed by atoms with Crippen molar-refractivity contribution < 1.29 is 23.5 Å². The van der Waals surface area contributed by atoms with Crippen LogP contribution >= 0.6 is 0 Å². The molecule has 2 rings (SSSR count). The van der Waals surface area contributed by atoms with Crippen molar-refractivity contribution in [1.82, 2.24) is 0 Å². The number of ether oxygens (including phenoxy) is 2. The lowest BCUT2D eigenvalue weighted by atomic mass is 10.2. The van der Waals surface area contributed by atoms with Gasteiger partial charge < -0.3 is 20.1 Å². The fourth-order valence-electron chi connectivity index (χ4n) is 2.04. The fourth-order valence-corrected chi connectivity index (χ4v) is 2.04. The molecule has 6 nitrogen and oxygen atoms in total. The van der Waals surface area contributed by atoms with Gasteiger partial charge in [0.05, 0.1) is 6.61 Å². The molecule has 0 spiro atoms. The van der Waals surface area contributed by atoms with Crippen LogP contribution in [0.3, 0.4) is 0 Å². The zero-order chi connectivity index (χ0) is 18.2. The first kappa shape index (κ1) is 18.4. The van der Waals surface area contributed by atoms with E-state index in [9.17, 15) is 14.0 Å². The molecule has 2 aromatic rings. The quantitative estimate of drug-likeness (QED) is 0.756. The second-order valence-corrected chi connectivity index (χ2v) is 5.20. The minimum atomic E-state index is -0.574. The maximum atomic E-state index is 13.9. The molecule has 0 saturated carbocycles. The molecule has 2 amide bonds. The number of nitrogens with one attached hydrogen (secondary N) is 2. The Morgan fingerprint density at radius 3 is 2.28 bits per heavy atom. The monoisotopic (exact) mass is 346 g/mol. The molecule has 0 radical (unpaired) electrons. The summed E-state index contributed by atoms with van der Waals surface area (Å²) >= 11 is 0. The third-order valence-corrected chi connectivity index (χ3v) is 3.20. The highest BCUT2D eigenvalue weighted by Crippen LogP contribution is 2.22. The largest absolute Gasteiger partial charge is 0.488 e. The molecule has 0 heterocycles. The van der Waals surface area contributed by atoms with Crippen molar-refractivity contribution in [2.24, 2.45) is 0 Å². The Morgan fingerprint density at radius 2 is 1.68 bits per heavy atom. The Balaban J connectivity index is 2.00. The Morgan fingerprint density at radius 1 is 1.00 bits per heavy atom. The number of hydrogen-bond donors (Lipinski definition) is 2. The molecule has 0 unspecified atom stereocenters. The molecule has 0 aliphatic rings. The van der Waals surface area contributed by atoms with Crippen LogP contribution in [-0.2, 0) is 9.53 Å². The predicted molar refractivity (Wildman–Crippen MR) is 92.5 cm³/mol. The third-order valence-electron chi connectivity index (χ3n) is 3.20. The van der Waals surface area contributed by atoms with Crippen LogP contribution in [0.1, 0.15) is 17.3 Å². The number of benzene rings is 2. The lowest BCUT2D eigenvalue weighted by Crippen LogP contribution is -2.13. The van der Waals surface area contributed by atoms with E-state index < -0.39 is 5.82 Å². The molecule has 2 aromatic carbocycles. The van der Waals surface area contributed by atoms with Crippen molar-refractivity contribution in [2.45, 2.75) is 6.92 Å². The van der Waals surface area contributed by atoms with E-state index in [0.29, 0.717) is 23.5 Å². The average Bonchev–Trinajstić information content (AvgIpc) is 2.57. The number of carbonyl (C=O) groups is 2. The molecular weight excluding hydrogens is 327 g/mol. The van der Waals surface area contributed by atoms with Crippen molar-refractivity contribution in [2.75, 3.05) is 31.0 Å². The smallest absolute Gasteiger partial charge is 0.255 e. The van der Waals surface area contributed by atoms with E-state index in [-0.39, 0.29) is 24.2 Å². The molecule has 0 atom stereocenters. The van der Waals surface area contributed by atoms with Crippen LogP contribution in [0.2, 0.25) is 0 Å². The highest BCUT2D eigenvalue weighted by molar-refractivity contribution is 6.04. The molecule has 132 valence electrons. The van der Waals surface area contributed by atoms with Gasteiger partial charge in [-0.1, -0.05) is 0 Å². The van der Waals surface area contributed by atoms with E-state index in [0.717, 1.165) is 0 Å². The second kappa shape index (κ2) is 8.79. The second-order valence-electron chi connectivity index (χ2n) is 5.20. The van der Waals surface area contributed by atoms with Gasteiger partial charge in [-0.25, -0.2) is 4.39 Å². The molecule has 2 N–H and O–H groups in total. The highest BCUT2D eigenvalue weighted by Gasteiger charge is 2.09. The Labute approximate surface area is 144 Å². The molecule has 0 fully saturated rings. The molecular formula is C18H19FN2O4. The predicted octanol–water partition coefficient (Wildman–Crippen LogP) is 3.06. The topological polar surface area (TPSA) is 76.7 Å². The van der Waals surface area contributed by atoms with E-state index >= 15 is 0 Å². The summed E-state index contributed by atoms with van der Waals surface area (Å²) in [6.45, 7) is 1.99. The number of anilines is 2. The Bertz CT molecular complexity index is 747. The lowest BCUT2D eigenvalue weighted by Gasteiger charge is -2.10. The van der Waals surface area contributed by atoms with Gasteiger partial charge in [0.2, 0.25) is 5.91 Å². The van der Waals surface area contributed by atoms with Crippen molar-refractivity contribution in [3.63, 3.8) is 0 Å². The minimum absolute atomic E-state index is 0.0923. The SMILES string of the molecule is COCCOc1ccc(NC(=O)c2ccc(NC(C)=O)cc2)cc1F. The highest BCUT2D eigenvalue weighted by atomic mass is 19.1. The van der Waals surface area contributed by atoms with Crippen LogP contribution in [0.4, 0.5) is 15.8 Å². The summed E-state index contributed by atoms with van der Waals surface area (Å²) in [5, 5.41) is 5.22. The molecule has 0 saturated heterocycles. The summed E-state index contributed by atoms with van der Waals surface area (Å²) in [5.74, 6) is -1.06. The van der Waals surface area contributed by atoms with Crippen molar-refractivity contribution in [3.8, 4) is 5.75 Å². The van der Waals surface area contributed by atoms with Gasteiger partial charge in [0, 0.05) is 37.0 Å². The molecule has 0 aliphatic heterocycles. The van der Waals surface area contributed by atoms with Crippen molar-refractivity contribution in [1.29, 1.82) is 0 Å². The Kier molecular flexibility index (Phi) is 6.47. The van der Waals surface area contributed by atoms with Gasteiger partial charge in [0.1, 0.15) is 6.61 Å². The van der Waals surface area contributed by atoms with Gasteiger partial charge in [-0.2, -0.15) is 0 Å². The lowest BCUT2D eigenvalue weighted by molar-refractivity contribution is -0.114. The summed E-state index contributed by atoms with van der Waals surface area (Å²) in [6.07, 6.45) is 0.